The maximum absolute atomic E-state index is 12.2. The van der Waals surface area contributed by atoms with Crippen molar-refractivity contribution in [3.8, 4) is 0 Å². The molecule has 0 aromatic rings. The van der Waals surface area contributed by atoms with Crippen LogP contribution in [-0.2, 0) is 38.1 Å². The van der Waals surface area contributed by atoms with Gasteiger partial charge in [-0.2, -0.15) is 23.5 Å². The van der Waals surface area contributed by atoms with Crippen LogP contribution < -0.4 is 0 Å². The fourth-order valence-corrected chi connectivity index (χ4v) is 4.11. The number of piperazine rings is 1. The third-order valence-electron chi connectivity index (χ3n) is 6.36. The predicted molar refractivity (Wildman–Crippen MR) is 154 cm³/mol. The summed E-state index contributed by atoms with van der Waals surface area (Å²) in [6, 6.07) is 0. The normalized spacial score (nSPS) is 15.9. The Morgan fingerprint density at radius 2 is 1.15 bits per heavy atom. The van der Waals surface area contributed by atoms with Crippen LogP contribution in [0.1, 0.15) is 33.1 Å². The lowest BCUT2D eigenvalue weighted by atomic mass is 10.2. The van der Waals surface area contributed by atoms with E-state index in [2.05, 4.69) is 21.7 Å². The Labute approximate surface area is 241 Å². The number of hydrogen-bond acceptors (Lipinski definition) is 13. The summed E-state index contributed by atoms with van der Waals surface area (Å²) in [6.45, 7) is 10.4. The number of rotatable bonds is 20. The average molecular weight is 594 g/mol. The first-order valence-corrected chi connectivity index (χ1v) is 16.1. The van der Waals surface area contributed by atoms with Crippen molar-refractivity contribution in [2.75, 3.05) is 98.3 Å². The zero-order valence-electron chi connectivity index (χ0n) is 24.2. The van der Waals surface area contributed by atoms with Crippen molar-refractivity contribution in [1.29, 1.82) is 0 Å². The fraction of sp³-hybridized carbons (Fsp3) is 0.846. The van der Waals surface area contributed by atoms with E-state index in [0.717, 1.165) is 45.7 Å². The molecule has 1 aliphatic heterocycles. The second-order valence-corrected chi connectivity index (χ2v) is 11.7. The maximum Gasteiger partial charge on any atom is 0.318 e. The van der Waals surface area contributed by atoms with Gasteiger partial charge in [-0.1, -0.05) is 0 Å². The van der Waals surface area contributed by atoms with Crippen LogP contribution in [0.25, 0.3) is 0 Å². The molecule has 0 bridgehead atoms. The first-order valence-electron chi connectivity index (χ1n) is 13.5. The highest BCUT2D eigenvalue weighted by Gasteiger charge is 2.17. The number of carbonyl (C=O) groups excluding carboxylic acids is 4. The molecule has 226 valence electrons. The van der Waals surface area contributed by atoms with Crippen LogP contribution in [0.3, 0.4) is 0 Å². The molecule has 1 aliphatic rings. The zero-order chi connectivity index (χ0) is 29.0. The van der Waals surface area contributed by atoms with Gasteiger partial charge in [0.05, 0.1) is 23.3 Å². The van der Waals surface area contributed by atoms with Gasteiger partial charge in [0.15, 0.2) is 0 Å². The molecule has 2 unspecified atom stereocenters. The first kappa shape index (κ1) is 35.5. The van der Waals surface area contributed by atoms with Crippen LogP contribution in [0.4, 0.5) is 0 Å². The van der Waals surface area contributed by atoms with Gasteiger partial charge in [-0.3, -0.25) is 19.2 Å². The second kappa shape index (κ2) is 21.2. The van der Waals surface area contributed by atoms with Gasteiger partial charge in [0, 0.05) is 39.3 Å². The van der Waals surface area contributed by atoms with Gasteiger partial charge < -0.3 is 33.6 Å². The van der Waals surface area contributed by atoms with Crippen LogP contribution in [-0.4, -0.2) is 147 Å². The lowest BCUT2D eigenvalue weighted by Crippen LogP contribution is -2.45. The third kappa shape index (κ3) is 17.0. The minimum absolute atomic E-state index is 0.0156. The van der Waals surface area contributed by atoms with E-state index >= 15 is 0 Å². The quantitative estimate of drug-likeness (QED) is 0.115. The molecule has 1 rings (SSSR count). The molecule has 0 spiro atoms. The number of ether oxygens (including phenoxy) is 4. The summed E-state index contributed by atoms with van der Waals surface area (Å²) in [7, 11) is 2.13. The van der Waals surface area contributed by atoms with Crippen LogP contribution in [0, 0.1) is 0 Å². The van der Waals surface area contributed by atoms with Crippen molar-refractivity contribution in [2.24, 2.45) is 0 Å². The Bertz CT molecular complexity index is 692. The molecule has 13 heteroatoms. The topological polar surface area (TPSA) is 115 Å². The van der Waals surface area contributed by atoms with Crippen LogP contribution in [0.2, 0.25) is 0 Å². The second-order valence-electron chi connectivity index (χ2n) is 9.37. The van der Waals surface area contributed by atoms with E-state index in [4.69, 9.17) is 18.9 Å². The summed E-state index contributed by atoms with van der Waals surface area (Å²) < 4.78 is 20.6. The molecule has 1 fully saturated rings. The van der Waals surface area contributed by atoms with Gasteiger partial charge in [-0.25, -0.2) is 0 Å². The number of nitrogens with zero attached hydrogens (tertiary/aromatic N) is 3. The van der Waals surface area contributed by atoms with Crippen LogP contribution in [0.5, 0.6) is 0 Å². The Morgan fingerprint density at radius 1 is 0.718 bits per heavy atom. The lowest BCUT2D eigenvalue weighted by Gasteiger charge is -2.33. The van der Waals surface area contributed by atoms with E-state index in [1.165, 1.54) is 23.5 Å². The minimum atomic E-state index is -0.378. The summed E-state index contributed by atoms with van der Waals surface area (Å²) in [5.41, 5.74) is 0. The predicted octanol–water partition coefficient (Wildman–Crippen LogP) is 1.38. The molecule has 0 saturated carbocycles. The molecule has 2 atom stereocenters. The van der Waals surface area contributed by atoms with Gasteiger partial charge >= 0.3 is 23.9 Å². The summed E-state index contributed by atoms with van der Waals surface area (Å²) in [4.78, 5) is 54.6. The molecule has 0 N–H and O–H groups in total. The molecule has 1 saturated heterocycles. The summed E-state index contributed by atoms with van der Waals surface area (Å²) in [6.07, 6.45) is 4.91. The van der Waals surface area contributed by atoms with E-state index in [1.807, 2.05) is 12.5 Å². The molecular weight excluding hydrogens is 546 g/mol. The summed E-state index contributed by atoms with van der Waals surface area (Å²) in [5, 5.41) is -0.517. The van der Waals surface area contributed by atoms with Crippen molar-refractivity contribution < 1.29 is 38.1 Å². The molecule has 0 amide bonds. The standard InChI is InChI=1S/C26H47N3O8S2/c1-21(38-4)25(32)36-19-17-34-23(30)7-11-28(9-6-10-29-15-13-27(3)14-16-29)12-8-24(31)35-18-20-37-26(33)22(2)39-5/h21-22H,6-20H2,1-5H3. The number of thioether (sulfide) groups is 2. The van der Waals surface area contributed by atoms with Crippen molar-refractivity contribution in [3.63, 3.8) is 0 Å². The van der Waals surface area contributed by atoms with Crippen molar-refractivity contribution in [1.82, 2.24) is 14.7 Å². The molecule has 11 nitrogen and oxygen atoms in total. The Kier molecular flexibility index (Phi) is 19.3. The SMILES string of the molecule is CSC(C)C(=O)OCCOC(=O)CCN(CCCN1CCN(C)CC1)CCC(=O)OCCOC(=O)C(C)SC. The number of carbonyl (C=O) groups is 4. The van der Waals surface area contributed by atoms with Gasteiger partial charge in [-0.05, 0) is 52.9 Å². The highest BCUT2D eigenvalue weighted by molar-refractivity contribution is 8.00. The monoisotopic (exact) mass is 593 g/mol. The molecular formula is C26H47N3O8S2. The maximum atomic E-state index is 12.2. The highest BCUT2D eigenvalue weighted by atomic mass is 32.2. The largest absolute Gasteiger partial charge is 0.462 e. The summed E-state index contributed by atoms with van der Waals surface area (Å²) in [5.74, 6) is -1.41. The molecule has 0 aliphatic carbocycles. The van der Waals surface area contributed by atoms with Gasteiger partial charge in [0.1, 0.15) is 26.4 Å². The molecule has 0 radical (unpaired) electrons. The zero-order valence-corrected chi connectivity index (χ0v) is 25.8. The van der Waals surface area contributed by atoms with Crippen molar-refractivity contribution in [2.45, 2.75) is 43.6 Å². The number of likely N-dealkylation sites (N-methyl/N-ethyl adjacent to an activating group) is 1. The van der Waals surface area contributed by atoms with E-state index in [9.17, 15) is 19.2 Å². The number of hydrogen-bond donors (Lipinski definition) is 0. The molecule has 0 aromatic heterocycles. The van der Waals surface area contributed by atoms with Crippen LogP contribution >= 0.6 is 23.5 Å². The van der Waals surface area contributed by atoms with E-state index < -0.39 is 0 Å². The number of esters is 4. The van der Waals surface area contributed by atoms with Gasteiger partial charge in [-0.15, -0.1) is 0 Å². The van der Waals surface area contributed by atoms with E-state index in [-0.39, 0.29) is 73.6 Å². The van der Waals surface area contributed by atoms with Crippen LogP contribution in [0.15, 0.2) is 0 Å². The van der Waals surface area contributed by atoms with Gasteiger partial charge in [0.2, 0.25) is 0 Å². The van der Waals surface area contributed by atoms with Crippen molar-refractivity contribution in [3.05, 3.63) is 0 Å². The third-order valence-corrected chi connectivity index (χ3v) is 8.16. The fourth-order valence-electron chi connectivity index (χ4n) is 3.59. The first-order chi connectivity index (χ1) is 18.7. The average Bonchev–Trinajstić information content (AvgIpc) is 2.94. The highest BCUT2D eigenvalue weighted by Crippen LogP contribution is 2.08. The molecule has 1 heterocycles. The Morgan fingerprint density at radius 3 is 1.59 bits per heavy atom. The Hall–Kier alpha value is -1.54. The lowest BCUT2D eigenvalue weighted by molar-refractivity contribution is -0.152. The van der Waals surface area contributed by atoms with Crippen molar-refractivity contribution >= 4 is 47.4 Å². The summed E-state index contributed by atoms with van der Waals surface area (Å²) >= 11 is 2.78. The smallest absolute Gasteiger partial charge is 0.318 e. The van der Waals surface area contributed by atoms with E-state index in [1.54, 1.807) is 13.8 Å². The molecule has 0 aromatic carbocycles. The Balaban J connectivity index is 2.40. The minimum Gasteiger partial charge on any atom is -0.462 e. The molecule has 39 heavy (non-hydrogen) atoms. The van der Waals surface area contributed by atoms with E-state index in [0.29, 0.717) is 13.1 Å². The van der Waals surface area contributed by atoms with Gasteiger partial charge in [0.25, 0.3) is 0 Å².